The number of para-hydroxylation sites is 1. The van der Waals surface area contributed by atoms with Gasteiger partial charge in [0.15, 0.2) is 5.52 Å². The summed E-state index contributed by atoms with van der Waals surface area (Å²) in [6.45, 7) is 0.893. The van der Waals surface area contributed by atoms with Gasteiger partial charge in [-0.05, 0) is 24.3 Å². The summed E-state index contributed by atoms with van der Waals surface area (Å²) in [6, 6.07) is 14.8. The maximum atomic E-state index is 4.37. The number of rotatable bonds is 1. The minimum absolute atomic E-state index is 0.893. The Balaban J connectivity index is 1.84. The summed E-state index contributed by atoms with van der Waals surface area (Å²) in [7, 11) is 0. The molecule has 0 amide bonds. The number of hydrogen-bond acceptors (Lipinski definition) is 3. The van der Waals surface area contributed by atoms with E-state index in [9.17, 15) is 0 Å². The van der Waals surface area contributed by atoms with Gasteiger partial charge in [0.25, 0.3) is 5.82 Å². The van der Waals surface area contributed by atoms with Gasteiger partial charge in [0.2, 0.25) is 4.83 Å². The Bertz CT molecular complexity index is 1270. The molecule has 1 aromatic carbocycles. The van der Waals surface area contributed by atoms with Crippen LogP contribution in [-0.4, -0.2) is 14.5 Å². The second-order valence-corrected chi connectivity index (χ2v) is 7.27. The molecule has 5 heterocycles. The molecule has 0 N–H and O–H groups in total. The molecule has 0 atom stereocenters. The smallest absolute Gasteiger partial charge is 0.264 e. The van der Waals surface area contributed by atoms with Gasteiger partial charge >= 0.3 is 0 Å². The van der Waals surface area contributed by atoms with E-state index < -0.39 is 0 Å². The highest BCUT2D eigenvalue weighted by atomic mass is 32.1. The van der Waals surface area contributed by atoms with Crippen molar-refractivity contribution in [2.24, 2.45) is 0 Å². The molecule has 0 unspecified atom stereocenters. The fraction of sp³-hybridized carbons (Fsp3) is 0.0500. The van der Waals surface area contributed by atoms with Crippen LogP contribution in [0.4, 0.5) is 0 Å². The van der Waals surface area contributed by atoms with Gasteiger partial charge in [-0.1, -0.05) is 29.5 Å². The summed E-state index contributed by atoms with van der Waals surface area (Å²) in [4.78, 5) is 9.97. The zero-order chi connectivity index (χ0) is 16.4. The molecule has 0 radical (unpaired) electrons. The minimum Gasteiger partial charge on any atom is -0.264 e. The molecule has 118 valence electrons. The predicted molar refractivity (Wildman–Crippen MR) is 99.0 cm³/mol. The van der Waals surface area contributed by atoms with Crippen molar-refractivity contribution >= 4 is 31.8 Å². The molecular formula is C20H13N4S+. The van der Waals surface area contributed by atoms with Gasteiger partial charge in [-0.2, -0.15) is 4.57 Å². The lowest BCUT2D eigenvalue weighted by Gasteiger charge is -2.01. The van der Waals surface area contributed by atoms with Gasteiger partial charge in [0.05, 0.1) is 10.3 Å². The molecule has 0 fully saturated rings. The summed E-state index contributed by atoms with van der Waals surface area (Å²) in [6.07, 6.45) is 7.71. The number of benzene rings is 1. The Morgan fingerprint density at radius 2 is 1.80 bits per heavy atom. The van der Waals surface area contributed by atoms with Crippen LogP contribution in [0.15, 0.2) is 67.3 Å². The average Bonchev–Trinajstić information content (AvgIpc) is 3.30. The number of imidazole rings is 1. The number of aromatic nitrogens is 4. The van der Waals surface area contributed by atoms with Crippen molar-refractivity contribution in [1.29, 1.82) is 0 Å². The van der Waals surface area contributed by atoms with Crippen LogP contribution in [0.25, 0.3) is 37.5 Å². The molecule has 0 saturated carbocycles. The lowest BCUT2D eigenvalue weighted by molar-refractivity contribution is -0.643. The van der Waals surface area contributed by atoms with Crippen molar-refractivity contribution < 1.29 is 4.57 Å². The second-order valence-electron chi connectivity index (χ2n) is 6.24. The van der Waals surface area contributed by atoms with E-state index in [-0.39, 0.29) is 0 Å². The van der Waals surface area contributed by atoms with Crippen LogP contribution >= 0.6 is 11.3 Å². The van der Waals surface area contributed by atoms with Gasteiger partial charge in [-0.25, -0.2) is 4.57 Å². The maximum Gasteiger partial charge on any atom is 0.298 e. The maximum absolute atomic E-state index is 4.37. The first kappa shape index (κ1) is 13.3. The van der Waals surface area contributed by atoms with Gasteiger partial charge in [0, 0.05) is 35.7 Å². The third-order valence-corrected chi connectivity index (χ3v) is 6.03. The molecule has 1 aliphatic rings. The van der Waals surface area contributed by atoms with E-state index in [2.05, 4.69) is 61.6 Å². The van der Waals surface area contributed by atoms with Crippen LogP contribution < -0.4 is 4.57 Å². The molecule has 4 nitrogen and oxygen atoms in total. The Kier molecular flexibility index (Phi) is 2.51. The molecule has 0 bridgehead atoms. The summed E-state index contributed by atoms with van der Waals surface area (Å²) >= 11 is 1.81. The second kappa shape index (κ2) is 4.74. The highest BCUT2D eigenvalue weighted by molar-refractivity contribution is 7.25. The Hall–Kier alpha value is -3.05. The van der Waals surface area contributed by atoms with Crippen LogP contribution in [0.3, 0.4) is 0 Å². The quantitative estimate of drug-likeness (QED) is 0.424. The topological polar surface area (TPSA) is 34.6 Å². The van der Waals surface area contributed by atoms with Crippen LogP contribution in [0.2, 0.25) is 0 Å². The first-order chi connectivity index (χ1) is 12.4. The van der Waals surface area contributed by atoms with E-state index in [4.69, 9.17) is 0 Å². The lowest BCUT2D eigenvalue weighted by Crippen LogP contribution is -2.30. The Morgan fingerprint density at radius 1 is 0.960 bits per heavy atom. The highest BCUT2D eigenvalue weighted by Gasteiger charge is 2.37. The average molecular weight is 341 g/mol. The fourth-order valence-corrected chi connectivity index (χ4v) is 4.98. The summed E-state index contributed by atoms with van der Waals surface area (Å²) in [5.74, 6) is 1.22. The van der Waals surface area contributed by atoms with E-state index in [0.717, 1.165) is 6.54 Å². The van der Waals surface area contributed by atoms with E-state index in [1.54, 1.807) is 0 Å². The molecule has 0 saturated heterocycles. The van der Waals surface area contributed by atoms with Crippen molar-refractivity contribution in [3.05, 3.63) is 72.8 Å². The van der Waals surface area contributed by atoms with Crippen LogP contribution in [0.5, 0.6) is 0 Å². The fourth-order valence-electron chi connectivity index (χ4n) is 3.82. The molecular weight excluding hydrogens is 328 g/mol. The summed E-state index contributed by atoms with van der Waals surface area (Å²) in [5.41, 5.74) is 4.98. The first-order valence-corrected chi connectivity index (χ1v) is 9.03. The number of nitrogens with zero attached hydrogens (tertiary/aromatic N) is 4. The third kappa shape index (κ3) is 1.68. The normalized spacial score (nSPS) is 12.6. The number of thiophene rings is 1. The first-order valence-electron chi connectivity index (χ1n) is 8.21. The van der Waals surface area contributed by atoms with Crippen molar-refractivity contribution in [3.63, 3.8) is 0 Å². The predicted octanol–water partition coefficient (Wildman–Crippen LogP) is 3.95. The van der Waals surface area contributed by atoms with Gasteiger partial charge in [0.1, 0.15) is 12.2 Å². The minimum atomic E-state index is 0.893. The van der Waals surface area contributed by atoms with Crippen LogP contribution in [0.1, 0.15) is 5.56 Å². The molecule has 0 aliphatic carbocycles. The van der Waals surface area contributed by atoms with Gasteiger partial charge < -0.3 is 0 Å². The van der Waals surface area contributed by atoms with E-state index in [1.807, 2.05) is 36.1 Å². The van der Waals surface area contributed by atoms with Crippen molar-refractivity contribution in [2.75, 3.05) is 0 Å². The Labute approximate surface area is 147 Å². The molecule has 5 aromatic rings. The lowest BCUT2D eigenvalue weighted by atomic mass is 10.1. The molecule has 1 aliphatic heterocycles. The molecule has 0 spiro atoms. The summed E-state index contributed by atoms with van der Waals surface area (Å²) in [5, 5.41) is 1.26. The zero-order valence-corrected chi connectivity index (χ0v) is 14.1. The van der Waals surface area contributed by atoms with Gasteiger partial charge in [-0.3, -0.25) is 9.97 Å². The Morgan fingerprint density at radius 3 is 2.72 bits per heavy atom. The van der Waals surface area contributed by atoms with Crippen molar-refractivity contribution in [3.8, 4) is 17.1 Å². The summed E-state index contributed by atoms with van der Waals surface area (Å²) < 4.78 is 6.02. The van der Waals surface area contributed by atoms with Crippen LogP contribution in [-0.2, 0) is 6.54 Å². The van der Waals surface area contributed by atoms with Gasteiger partial charge in [-0.15, -0.1) is 0 Å². The molecule has 5 heteroatoms. The number of hydrogen-bond donors (Lipinski definition) is 0. The van der Waals surface area contributed by atoms with Crippen molar-refractivity contribution in [2.45, 2.75) is 6.54 Å². The molecule has 4 aromatic heterocycles. The standard InChI is InChI=1S/C20H13N4S/c1-2-4-14(5-3-1)24-18-15-7-9-22-11-17(15)25-20(18)23-12-13-6-8-21-10-16(13)19(23)24/h1-11H,12H2/q+1. The monoisotopic (exact) mass is 341 g/mol. The number of pyridine rings is 2. The third-order valence-electron chi connectivity index (χ3n) is 4.88. The van der Waals surface area contributed by atoms with Crippen molar-refractivity contribution in [1.82, 2.24) is 14.5 Å². The van der Waals surface area contributed by atoms with E-state index in [1.165, 1.54) is 43.1 Å². The van der Waals surface area contributed by atoms with E-state index >= 15 is 0 Å². The molecule has 25 heavy (non-hydrogen) atoms. The largest absolute Gasteiger partial charge is 0.298 e. The number of fused-ring (bicyclic) bond motifs is 7. The SMILES string of the molecule is c1ccc(-n2c3[n+](c4sc5cnccc5c42)Cc2ccncc2-3)cc1. The molecule has 6 rings (SSSR count). The zero-order valence-electron chi connectivity index (χ0n) is 13.3. The highest BCUT2D eigenvalue weighted by Crippen LogP contribution is 2.39. The van der Waals surface area contributed by atoms with E-state index in [0.29, 0.717) is 0 Å². The van der Waals surface area contributed by atoms with Crippen LogP contribution in [0, 0.1) is 0 Å².